The van der Waals surface area contributed by atoms with E-state index in [1.165, 1.54) is 16.4 Å². The number of aryl methyl sites for hydroxylation is 1. The molecule has 1 N–H and O–H groups in total. The van der Waals surface area contributed by atoms with Gasteiger partial charge in [-0.1, -0.05) is 11.8 Å². The molecule has 13 heteroatoms. The first-order valence-corrected chi connectivity index (χ1v) is 13.0. The van der Waals surface area contributed by atoms with Gasteiger partial charge in [-0.25, -0.2) is 13.4 Å². The van der Waals surface area contributed by atoms with Crippen LogP contribution in [0.15, 0.2) is 44.2 Å². The van der Waals surface area contributed by atoms with Gasteiger partial charge in [0, 0.05) is 24.2 Å². The van der Waals surface area contributed by atoms with Gasteiger partial charge in [0.25, 0.3) is 5.22 Å². The van der Waals surface area contributed by atoms with Crippen LogP contribution in [0.3, 0.4) is 0 Å². The van der Waals surface area contributed by atoms with Crippen molar-refractivity contribution in [2.45, 2.75) is 23.5 Å². The number of benzene rings is 1. The second-order valence-electron chi connectivity index (χ2n) is 6.87. The lowest BCUT2D eigenvalue weighted by Crippen LogP contribution is -2.40. The molecular formula is C19H21N5O5S3. The number of carbonyl (C=O) groups is 1. The summed E-state index contributed by atoms with van der Waals surface area (Å²) in [7, 11) is -3.57. The van der Waals surface area contributed by atoms with E-state index in [2.05, 4.69) is 20.5 Å². The van der Waals surface area contributed by atoms with Crippen molar-refractivity contribution in [2.24, 2.45) is 0 Å². The molecule has 1 aliphatic heterocycles. The number of thioether (sulfide) groups is 1. The van der Waals surface area contributed by atoms with Crippen LogP contribution in [0.5, 0.6) is 0 Å². The van der Waals surface area contributed by atoms with Crippen LogP contribution in [-0.4, -0.2) is 65.9 Å². The van der Waals surface area contributed by atoms with Crippen molar-refractivity contribution in [3.05, 3.63) is 46.2 Å². The number of carbonyl (C=O) groups excluding carboxylic acids is 1. The number of rotatable bonds is 8. The lowest BCUT2D eigenvalue weighted by molar-refractivity contribution is -0.113. The lowest BCUT2D eigenvalue weighted by Gasteiger charge is -2.26. The van der Waals surface area contributed by atoms with Crippen molar-refractivity contribution >= 4 is 44.7 Å². The average Bonchev–Trinajstić information content (AvgIpc) is 3.42. The fourth-order valence-corrected chi connectivity index (χ4v) is 5.58. The third kappa shape index (κ3) is 5.72. The van der Waals surface area contributed by atoms with Gasteiger partial charge in [0.1, 0.15) is 0 Å². The maximum Gasteiger partial charge on any atom is 0.277 e. The number of hydrogen-bond acceptors (Lipinski definition) is 10. The molecule has 1 fully saturated rings. The summed E-state index contributed by atoms with van der Waals surface area (Å²) in [5, 5.41) is 13.9. The third-order valence-electron chi connectivity index (χ3n) is 4.52. The largest absolute Gasteiger partial charge is 0.416 e. The van der Waals surface area contributed by atoms with Gasteiger partial charge in [-0.05, 0) is 31.2 Å². The van der Waals surface area contributed by atoms with E-state index in [-0.39, 0.29) is 16.6 Å². The van der Waals surface area contributed by atoms with Crippen molar-refractivity contribution in [1.29, 1.82) is 0 Å². The molecule has 1 amide bonds. The van der Waals surface area contributed by atoms with E-state index < -0.39 is 10.0 Å². The highest BCUT2D eigenvalue weighted by Gasteiger charge is 2.26. The Balaban J connectivity index is 1.28. The highest BCUT2D eigenvalue weighted by Crippen LogP contribution is 2.21. The molecule has 0 unspecified atom stereocenters. The zero-order chi connectivity index (χ0) is 22.6. The Morgan fingerprint density at radius 2 is 1.97 bits per heavy atom. The first kappa shape index (κ1) is 22.9. The monoisotopic (exact) mass is 495 g/mol. The standard InChI is InChI=1S/C19H21N5O5S3/c1-13-20-15(11-30-13)10-18-22-23-19(29-18)31-12-17(25)21-14-2-4-16(5-3-14)32(26,27)24-6-8-28-9-7-24/h2-5,11H,6-10,12H2,1H3,(H,21,25). The molecule has 0 aliphatic carbocycles. The molecule has 3 heterocycles. The van der Waals surface area contributed by atoms with Crippen molar-refractivity contribution in [3.8, 4) is 0 Å². The molecule has 0 bridgehead atoms. The topological polar surface area (TPSA) is 128 Å². The minimum absolute atomic E-state index is 0.0747. The maximum atomic E-state index is 12.7. The van der Waals surface area contributed by atoms with Gasteiger partial charge in [0.15, 0.2) is 0 Å². The molecule has 3 aromatic rings. The Morgan fingerprint density at radius 3 is 2.66 bits per heavy atom. The molecule has 4 rings (SSSR count). The molecule has 10 nitrogen and oxygen atoms in total. The minimum atomic E-state index is -3.57. The van der Waals surface area contributed by atoms with Gasteiger partial charge in [0.05, 0.1) is 41.0 Å². The highest BCUT2D eigenvalue weighted by atomic mass is 32.2. The summed E-state index contributed by atoms with van der Waals surface area (Å²) in [6.45, 7) is 3.37. The summed E-state index contributed by atoms with van der Waals surface area (Å²) < 4.78 is 37.5. The summed E-state index contributed by atoms with van der Waals surface area (Å²) in [5.74, 6) is 0.245. The van der Waals surface area contributed by atoms with E-state index in [1.807, 2.05) is 12.3 Å². The molecular weight excluding hydrogens is 474 g/mol. The first-order valence-electron chi connectivity index (χ1n) is 9.74. The van der Waals surface area contributed by atoms with Crippen LogP contribution in [-0.2, 0) is 26.0 Å². The number of amides is 1. The van der Waals surface area contributed by atoms with Crippen LogP contribution >= 0.6 is 23.1 Å². The van der Waals surface area contributed by atoms with Crippen LogP contribution < -0.4 is 5.32 Å². The second kappa shape index (κ2) is 10.1. The number of thiazole rings is 1. The summed E-state index contributed by atoms with van der Waals surface area (Å²) in [4.78, 5) is 16.8. The van der Waals surface area contributed by atoms with Crippen LogP contribution in [0.1, 0.15) is 16.6 Å². The molecule has 1 saturated heterocycles. The molecule has 0 saturated carbocycles. The Hall–Kier alpha value is -2.32. The molecule has 32 heavy (non-hydrogen) atoms. The molecule has 170 valence electrons. The van der Waals surface area contributed by atoms with Gasteiger partial charge >= 0.3 is 0 Å². The predicted octanol–water partition coefficient (Wildman–Crippen LogP) is 2.18. The smallest absolute Gasteiger partial charge is 0.277 e. The SMILES string of the molecule is Cc1nc(Cc2nnc(SCC(=O)Nc3ccc(S(=O)(=O)N4CCOCC4)cc3)o2)cs1. The van der Waals surface area contributed by atoms with E-state index in [9.17, 15) is 13.2 Å². The first-order chi connectivity index (χ1) is 15.4. The van der Waals surface area contributed by atoms with Crippen LogP contribution in [0.4, 0.5) is 5.69 Å². The Morgan fingerprint density at radius 1 is 1.22 bits per heavy atom. The number of nitrogens with one attached hydrogen (secondary N) is 1. The lowest BCUT2D eigenvalue weighted by atomic mass is 10.3. The van der Waals surface area contributed by atoms with Crippen LogP contribution in [0.25, 0.3) is 0 Å². The fourth-order valence-electron chi connectivity index (χ4n) is 2.98. The summed E-state index contributed by atoms with van der Waals surface area (Å²) in [6, 6.07) is 6.10. The zero-order valence-corrected chi connectivity index (χ0v) is 19.6. The number of hydrogen-bond donors (Lipinski definition) is 1. The van der Waals surface area contributed by atoms with Crippen LogP contribution in [0.2, 0.25) is 0 Å². The zero-order valence-electron chi connectivity index (χ0n) is 17.2. The number of aromatic nitrogens is 3. The Bertz CT molecular complexity index is 1170. The molecule has 0 radical (unpaired) electrons. The molecule has 1 aliphatic rings. The number of ether oxygens (including phenoxy) is 1. The summed E-state index contributed by atoms with van der Waals surface area (Å²) >= 11 is 2.68. The van der Waals surface area contributed by atoms with Crippen molar-refractivity contribution in [1.82, 2.24) is 19.5 Å². The van der Waals surface area contributed by atoms with Gasteiger partial charge in [-0.15, -0.1) is 21.5 Å². The number of anilines is 1. The molecule has 1 aromatic carbocycles. The van der Waals surface area contributed by atoms with E-state index >= 15 is 0 Å². The van der Waals surface area contributed by atoms with E-state index in [0.29, 0.717) is 49.5 Å². The van der Waals surface area contributed by atoms with Crippen molar-refractivity contribution < 1.29 is 22.4 Å². The maximum absolute atomic E-state index is 12.7. The highest BCUT2D eigenvalue weighted by molar-refractivity contribution is 7.99. The quantitative estimate of drug-likeness (QED) is 0.468. The molecule has 0 atom stereocenters. The van der Waals surface area contributed by atoms with Gasteiger partial charge in [-0.3, -0.25) is 4.79 Å². The molecule has 0 spiro atoms. The number of nitrogens with zero attached hydrogens (tertiary/aromatic N) is 4. The average molecular weight is 496 g/mol. The van der Waals surface area contributed by atoms with Crippen molar-refractivity contribution in [3.63, 3.8) is 0 Å². The Labute approximate surface area is 193 Å². The van der Waals surface area contributed by atoms with E-state index in [1.54, 1.807) is 23.5 Å². The van der Waals surface area contributed by atoms with Crippen LogP contribution in [0, 0.1) is 6.92 Å². The number of morpholine rings is 1. The van der Waals surface area contributed by atoms with Gasteiger partial charge in [0.2, 0.25) is 21.8 Å². The third-order valence-corrected chi connectivity index (χ3v) is 8.07. The molecule has 2 aromatic heterocycles. The number of sulfonamides is 1. The van der Waals surface area contributed by atoms with E-state index in [0.717, 1.165) is 22.5 Å². The van der Waals surface area contributed by atoms with Gasteiger partial charge in [-0.2, -0.15) is 4.31 Å². The Kier molecular flexibility index (Phi) is 7.20. The summed E-state index contributed by atoms with van der Waals surface area (Å²) in [6.07, 6.45) is 0.448. The normalized spacial score (nSPS) is 15.0. The van der Waals surface area contributed by atoms with Crippen molar-refractivity contribution in [2.75, 3.05) is 37.4 Å². The second-order valence-corrected chi connectivity index (χ2v) is 10.8. The van der Waals surface area contributed by atoms with E-state index in [4.69, 9.17) is 9.15 Å². The fraction of sp³-hybridized carbons (Fsp3) is 0.368. The predicted molar refractivity (Wildman–Crippen MR) is 119 cm³/mol. The van der Waals surface area contributed by atoms with Gasteiger partial charge < -0.3 is 14.5 Å². The summed E-state index contributed by atoms with van der Waals surface area (Å²) in [5.41, 5.74) is 1.37. The minimum Gasteiger partial charge on any atom is -0.416 e.